The zero-order valence-electron chi connectivity index (χ0n) is 15.5. The van der Waals surface area contributed by atoms with Crippen LogP contribution in [0.3, 0.4) is 0 Å². The number of rotatable bonds is 5. The molecule has 1 aromatic heterocycles. The maximum Gasteiger partial charge on any atom is 0.328 e. The summed E-state index contributed by atoms with van der Waals surface area (Å²) in [7, 11) is 0. The number of nitrogens with zero attached hydrogens (tertiary/aromatic N) is 4. The third-order valence-electron chi connectivity index (χ3n) is 4.22. The van der Waals surface area contributed by atoms with Crippen LogP contribution in [-0.2, 0) is 9.53 Å². The quantitative estimate of drug-likeness (QED) is 0.840. The molecule has 1 saturated heterocycles. The molecular weight excluding hydrogens is 352 g/mol. The Balaban J connectivity index is 1.84. The minimum Gasteiger partial charge on any atom is -0.491 e. The SMILES string of the molecule is Cc1c(C(=O)N2CCOCC2C(=O)O)nnn1-c1ccc(OC(C)C)cc1. The molecule has 1 atom stereocenters. The molecule has 1 fully saturated rings. The molecular formula is C18H22N4O5. The molecule has 1 aliphatic rings. The number of carbonyl (C=O) groups is 2. The fourth-order valence-electron chi connectivity index (χ4n) is 2.90. The molecule has 2 heterocycles. The van der Waals surface area contributed by atoms with E-state index in [0.717, 1.165) is 11.4 Å². The molecule has 1 unspecified atom stereocenters. The molecule has 27 heavy (non-hydrogen) atoms. The van der Waals surface area contributed by atoms with Gasteiger partial charge in [-0.25, -0.2) is 9.48 Å². The summed E-state index contributed by atoms with van der Waals surface area (Å²) in [5.74, 6) is -0.830. The lowest BCUT2D eigenvalue weighted by Gasteiger charge is -2.32. The number of morpholine rings is 1. The molecule has 9 heteroatoms. The smallest absolute Gasteiger partial charge is 0.328 e. The average Bonchev–Trinajstić information content (AvgIpc) is 3.02. The molecule has 1 aromatic carbocycles. The second kappa shape index (κ2) is 7.75. The van der Waals surface area contributed by atoms with Crippen molar-refractivity contribution >= 4 is 11.9 Å². The number of carbonyl (C=O) groups excluding carboxylic acids is 1. The summed E-state index contributed by atoms with van der Waals surface area (Å²) in [5, 5.41) is 17.4. The van der Waals surface area contributed by atoms with E-state index in [4.69, 9.17) is 9.47 Å². The first-order valence-electron chi connectivity index (χ1n) is 8.69. The van der Waals surface area contributed by atoms with Crippen molar-refractivity contribution in [2.75, 3.05) is 19.8 Å². The van der Waals surface area contributed by atoms with Crippen LogP contribution in [0.4, 0.5) is 0 Å². The monoisotopic (exact) mass is 374 g/mol. The van der Waals surface area contributed by atoms with Crippen LogP contribution < -0.4 is 4.74 Å². The first-order chi connectivity index (χ1) is 12.9. The first-order valence-corrected chi connectivity index (χ1v) is 8.69. The van der Waals surface area contributed by atoms with Crippen molar-refractivity contribution in [2.24, 2.45) is 0 Å². The van der Waals surface area contributed by atoms with Crippen molar-refractivity contribution in [1.82, 2.24) is 19.9 Å². The fourth-order valence-corrected chi connectivity index (χ4v) is 2.90. The number of carboxylic acids is 1. The van der Waals surface area contributed by atoms with E-state index in [1.54, 1.807) is 11.6 Å². The van der Waals surface area contributed by atoms with Gasteiger partial charge in [0, 0.05) is 6.54 Å². The topological polar surface area (TPSA) is 107 Å². The van der Waals surface area contributed by atoms with Gasteiger partial charge >= 0.3 is 5.97 Å². The number of benzene rings is 1. The van der Waals surface area contributed by atoms with Gasteiger partial charge in [-0.05, 0) is 45.0 Å². The first kappa shape index (κ1) is 18.8. The van der Waals surface area contributed by atoms with E-state index in [2.05, 4.69) is 10.3 Å². The number of ether oxygens (including phenoxy) is 2. The second-order valence-electron chi connectivity index (χ2n) is 6.52. The molecule has 144 valence electrons. The number of hydrogen-bond donors (Lipinski definition) is 1. The number of hydrogen-bond acceptors (Lipinski definition) is 6. The van der Waals surface area contributed by atoms with Gasteiger partial charge in [-0.15, -0.1) is 5.10 Å². The van der Waals surface area contributed by atoms with E-state index in [9.17, 15) is 14.7 Å². The van der Waals surface area contributed by atoms with Gasteiger partial charge in [0.25, 0.3) is 5.91 Å². The minimum atomic E-state index is -1.10. The van der Waals surface area contributed by atoms with Crippen molar-refractivity contribution in [2.45, 2.75) is 32.9 Å². The Labute approximate surface area is 156 Å². The van der Waals surface area contributed by atoms with Crippen LogP contribution in [0.5, 0.6) is 5.75 Å². The predicted molar refractivity (Wildman–Crippen MR) is 95.1 cm³/mol. The summed E-state index contributed by atoms with van der Waals surface area (Å²) in [6.07, 6.45) is 0.0730. The van der Waals surface area contributed by atoms with Crippen LogP contribution in [0.25, 0.3) is 5.69 Å². The summed E-state index contributed by atoms with van der Waals surface area (Å²) < 4.78 is 12.3. The van der Waals surface area contributed by atoms with Crippen LogP contribution in [0.15, 0.2) is 24.3 Å². The van der Waals surface area contributed by atoms with Gasteiger partial charge in [0.15, 0.2) is 11.7 Å². The van der Waals surface area contributed by atoms with Crippen molar-refractivity contribution in [3.05, 3.63) is 35.7 Å². The molecule has 2 aromatic rings. The molecule has 0 aliphatic carbocycles. The molecule has 1 N–H and O–H groups in total. The summed E-state index contributed by atoms with van der Waals surface area (Å²) in [4.78, 5) is 25.5. The molecule has 0 saturated carbocycles. The number of amides is 1. The third-order valence-corrected chi connectivity index (χ3v) is 4.22. The van der Waals surface area contributed by atoms with Crippen LogP contribution in [0, 0.1) is 6.92 Å². The maximum atomic E-state index is 12.8. The number of aliphatic carboxylic acids is 1. The van der Waals surface area contributed by atoms with E-state index in [0.29, 0.717) is 12.3 Å². The Kier molecular flexibility index (Phi) is 5.41. The van der Waals surface area contributed by atoms with Crippen molar-refractivity contribution < 1.29 is 24.2 Å². The van der Waals surface area contributed by atoms with Gasteiger partial charge in [0.1, 0.15) is 5.75 Å². The van der Waals surface area contributed by atoms with Gasteiger partial charge in [0.05, 0.1) is 30.7 Å². The lowest BCUT2D eigenvalue weighted by Crippen LogP contribution is -2.52. The van der Waals surface area contributed by atoms with Crippen molar-refractivity contribution in [3.63, 3.8) is 0 Å². The summed E-state index contributed by atoms with van der Waals surface area (Å²) >= 11 is 0. The largest absolute Gasteiger partial charge is 0.491 e. The lowest BCUT2D eigenvalue weighted by atomic mass is 10.2. The van der Waals surface area contributed by atoms with Crippen molar-refractivity contribution in [1.29, 1.82) is 0 Å². The predicted octanol–water partition coefficient (Wildman–Crippen LogP) is 1.29. The zero-order valence-corrected chi connectivity index (χ0v) is 15.5. The summed E-state index contributed by atoms with van der Waals surface area (Å²) in [5.41, 5.74) is 1.39. The summed E-state index contributed by atoms with van der Waals surface area (Å²) in [6, 6.07) is 6.26. The lowest BCUT2D eigenvalue weighted by molar-refractivity contribution is -0.147. The molecule has 0 bridgehead atoms. The van der Waals surface area contributed by atoms with Gasteiger partial charge in [0.2, 0.25) is 0 Å². The molecule has 3 rings (SSSR count). The van der Waals surface area contributed by atoms with E-state index in [1.165, 1.54) is 4.90 Å². The third kappa shape index (κ3) is 3.92. The molecule has 1 amide bonds. The number of carboxylic acid groups (broad SMARTS) is 1. The average molecular weight is 374 g/mol. The molecule has 9 nitrogen and oxygen atoms in total. The second-order valence-corrected chi connectivity index (χ2v) is 6.52. The highest BCUT2D eigenvalue weighted by molar-refractivity contribution is 5.96. The van der Waals surface area contributed by atoms with Crippen LogP contribution >= 0.6 is 0 Å². The van der Waals surface area contributed by atoms with Gasteiger partial charge in [-0.2, -0.15) is 0 Å². The Hall–Kier alpha value is -2.94. The van der Waals surface area contributed by atoms with Crippen molar-refractivity contribution in [3.8, 4) is 11.4 Å². The molecule has 0 spiro atoms. The highest BCUT2D eigenvalue weighted by Gasteiger charge is 2.35. The molecule has 1 aliphatic heterocycles. The van der Waals surface area contributed by atoms with E-state index in [1.807, 2.05) is 38.1 Å². The van der Waals surface area contributed by atoms with Gasteiger partial charge < -0.3 is 19.5 Å². The fraction of sp³-hybridized carbons (Fsp3) is 0.444. The normalized spacial score (nSPS) is 17.2. The standard InChI is InChI=1S/C18H22N4O5/c1-11(2)27-14-6-4-13(5-7-14)22-12(3)16(19-20-22)17(23)21-8-9-26-10-15(21)18(24)25/h4-7,11,15H,8-10H2,1-3H3,(H,24,25). The Morgan fingerprint density at radius 3 is 2.63 bits per heavy atom. The van der Waals surface area contributed by atoms with Crippen LogP contribution in [0.1, 0.15) is 30.0 Å². The Morgan fingerprint density at radius 2 is 2.00 bits per heavy atom. The highest BCUT2D eigenvalue weighted by Crippen LogP contribution is 2.20. The van der Waals surface area contributed by atoms with E-state index in [-0.39, 0.29) is 24.9 Å². The van der Waals surface area contributed by atoms with Crippen LogP contribution in [-0.4, -0.2) is 68.8 Å². The highest BCUT2D eigenvalue weighted by atomic mass is 16.5. The summed E-state index contributed by atoms with van der Waals surface area (Å²) in [6.45, 7) is 6.07. The zero-order chi connectivity index (χ0) is 19.6. The van der Waals surface area contributed by atoms with Gasteiger partial charge in [-0.1, -0.05) is 5.21 Å². The minimum absolute atomic E-state index is 0.0361. The van der Waals surface area contributed by atoms with Gasteiger partial charge in [-0.3, -0.25) is 4.79 Å². The molecule has 0 radical (unpaired) electrons. The Morgan fingerprint density at radius 1 is 1.30 bits per heavy atom. The maximum absolute atomic E-state index is 12.8. The van der Waals surface area contributed by atoms with Crippen LogP contribution in [0.2, 0.25) is 0 Å². The van der Waals surface area contributed by atoms with E-state index < -0.39 is 17.9 Å². The Bertz CT molecular complexity index is 831. The number of aromatic nitrogens is 3. The van der Waals surface area contributed by atoms with E-state index >= 15 is 0 Å².